The van der Waals surface area contributed by atoms with Crippen LogP contribution < -0.4 is 148 Å². The van der Waals surface area contributed by atoms with Gasteiger partial charge in [-0.3, -0.25) is 14.7 Å². The SMILES string of the molecule is CC(C)(C)[S@@](N)=O.COC(=O)c1cccc(C=N[S@@](=O)C(C)(C)C)c1.COC(=O)c1cccc(C=O)c1.O=CO[O-].[Cs+].[Cs+].[H-]. The van der Waals surface area contributed by atoms with Crippen molar-refractivity contribution in [2.75, 3.05) is 14.2 Å². The largest absolute Gasteiger partial charge is 1.00 e. The molecule has 0 aliphatic rings. The molecule has 16 heteroatoms. The third kappa shape index (κ3) is 25.3. The van der Waals surface area contributed by atoms with Gasteiger partial charge in [0.25, 0.3) is 6.47 Å². The molecule has 0 aliphatic carbocycles. The molecule has 2 atom stereocenters. The van der Waals surface area contributed by atoms with Crippen molar-refractivity contribution in [3.05, 3.63) is 70.8 Å². The maximum atomic E-state index is 11.7. The van der Waals surface area contributed by atoms with Gasteiger partial charge < -0.3 is 21.0 Å². The van der Waals surface area contributed by atoms with E-state index in [1.54, 1.807) is 42.5 Å². The molecule has 0 bridgehead atoms. The molecule has 0 unspecified atom stereocenters. The molecule has 0 amide bonds. The van der Waals surface area contributed by atoms with E-state index in [0.717, 1.165) is 5.56 Å². The second kappa shape index (κ2) is 27.6. The number of aldehydes is 1. The summed E-state index contributed by atoms with van der Waals surface area (Å²) in [6, 6.07) is 13.2. The first-order chi connectivity index (χ1) is 19.0. The minimum absolute atomic E-state index is 0. The maximum Gasteiger partial charge on any atom is 1.00 e. The van der Waals surface area contributed by atoms with Crippen LogP contribution in [-0.4, -0.2) is 63.0 Å². The fraction of sp³-hybridized carbons (Fsp3) is 0.370. The fourth-order valence-electron chi connectivity index (χ4n) is 1.99. The zero-order valence-electron chi connectivity index (χ0n) is 27.3. The summed E-state index contributed by atoms with van der Waals surface area (Å²) >= 11 is 0. The second-order valence-corrected chi connectivity index (χ2v) is 13.3. The number of benzene rings is 2. The molecule has 12 nitrogen and oxygen atoms in total. The predicted molar refractivity (Wildman–Crippen MR) is 157 cm³/mol. The fourth-order valence-corrected chi connectivity index (χ4v) is 2.52. The Balaban J connectivity index is -0.000000170. The first kappa shape index (κ1) is 50.4. The van der Waals surface area contributed by atoms with E-state index in [0.29, 0.717) is 23.0 Å². The van der Waals surface area contributed by atoms with Crippen molar-refractivity contribution in [3.8, 4) is 0 Å². The van der Waals surface area contributed by atoms with Crippen molar-refractivity contribution >= 4 is 52.9 Å². The molecule has 0 saturated carbocycles. The molecule has 2 N–H and O–H groups in total. The Hall–Kier alpha value is 0.514. The van der Waals surface area contributed by atoms with Gasteiger partial charge in [0, 0.05) is 11.8 Å². The van der Waals surface area contributed by atoms with E-state index < -0.39 is 38.7 Å². The van der Waals surface area contributed by atoms with Crippen LogP contribution in [0.5, 0.6) is 0 Å². The number of carbonyl (C=O) groups is 4. The standard InChI is InChI=1S/C13H17NO3S.C9H8O3.C4H11NOS.CH2O3.2Cs.H/c1-13(2,3)18(16)14-9-10-6-5-7-11(8-10)12(15)17-4;1-12-9(11)8-4-2-3-7(5-8)6-10;1-4(2,3)7(5)6;2-1-4-3;;;/h5-9H,1-4H3;2-6H,1H3;5H2,1-3H3;1,3H;;;/q;;;;2*+1;-1/p-1/t18-;;7-;;;;/m0.0..../s1. The van der Waals surface area contributed by atoms with Crippen molar-refractivity contribution in [1.82, 2.24) is 0 Å². The van der Waals surface area contributed by atoms with Crippen LogP contribution in [0.15, 0.2) is 52.9 Å². The molecule has 2 aromatic rings. The Labute approximate surface area is 377 Å². The molecule has 230 valence electrons. The van der Waals surface area contributed by atoms with E-state index in [4.69, 9.17) is 15.2 Å². The summed E-state index contributed by atoms with van der Waals surface area (Å²) in [5.41, 5.74) is 2.03. The van der Waals surface area contributed by atoms with Crippen LogP contribution in [0.2, 0.25) is 0 Å². The van der Waals surface area contributed by atoms with E-state index >= 15 is 0 Å². The van der Waals surface area contributed by atoms with Crippen LogP contribution in [0.1, 0.15) is 79.6 Å². The Morgan fingerprint density at radius 1 is 0.837 bits per heavy atom. The van der Waals surface area contributed by atoms with Crippen molar-refractivity contribution in [2.24, 2.45) is 9.54 Å². The minimum atomic E-state index is -1.30. The number of hydrogen-bond acceptors (Lipinski definition) is 10. The van der Waals surface area contributed by atoms with E-state index in [2.05, 4.69) is 18.8 Å². The summed E-state index contributed by atoms with van der Waals surface area (Å²) in [4.78, 5) is 43.8. The predicted octanol–water partition coefficient (Wildman–Crippen LogP) is -3.40. The van der Waals surface area contributed by atoms with Crippen LogP contribution >= 0.6 is 0 Å². The molecular formula is C27H38Cs2N2O10S2. The molecule has 2 aromatic carbocycles. The molecule has 0 aromatic heterocycles. The number of methoxy groups -OCH3 is 2. The molecule has 0 heterocycles. The van der Waals surface area contributed by atoms with Crippen LogP contribution in [0, 0.1) is 0 Å². The molecule has 0 aliphatic heterocycles. The summed E-state index contributed by atoms with van der Waals surface area (Å²) in [5.74, 6) is -0.833. The van der Waals surface area contributed by atoms with Crippen LogP contribution in [0.3, 0.4) is 0 Å². The number of hydrogen-bond donors (Lipinski definition) is 1. The second-order valence-electron chi connectivity index (χ2n) is 9.55. The zero-order chi connectivity index (χ0) is 32.2. The topological polar surface area (TPSA) is 192 Å². The number of rotatable bonds is 6. The zero-order valence-corrected chi connectivity index (χ0v) is 40.5. The van der Waals surface area contributed by atoms with E-state index in [-0.39, 0.29) is 150 Å². The van der Waals surface area contributed by atoms with Crippen molar-refractivity contribution in [1.29, 1.82) is 0 Å². The van der Waals surface area contributed by atoms with Gasteiger partial charge in [0.15, 0.2) is 0 Å². The number of nitrogens with two attached hydrogens (primary N) is 1. The molecule has 2 rings (SSSR count). The Kier molecular flexibility index (Phi) is 32.3. The van der Waals surface area contributed by atoms with Crippen molar-refractivity contribution in [2.45, 2.75) is 51.0 Å². The third-order valence-electron chi connectivity index (χ3n) is 4.22. The van der Waals surface area contributed by atoms with Gasteiger partial charge in [0.1, 0.15) is 17.3 Å². The molecule has 43 heavy (non-hydrogen) atoms. The molecule has 0 spiro atoms. The van der Waals surface area contributed by atoms with Crippen LogP contribution in [-0.2, 0) is 41.1 Å². The van der Waals surface area contributed by atoms with E-state index in [1.165, 1.54) is 26.5 Å². The number of esters is 2. The van der Waals surface area contributed by atoms with Gasteiger partial charge in [-0.15, -0.1) is 0 Å². The quantitative estimate of drug-likeness (QED) is 0.101. The molecule has 0 fully saturated rings. The van der Waals surface area contributed by atoms with Crippen molar-refractivity contribution in [3.63, 3.8) is 0 Å². The minimum Gasteiger partial charge on any atom is -1.00 e. The van der Waals surface area contributed by atoms with Gasteiger partial charge >= 0.3 is 150 Å². The average molecular weight is 881 g/mol. The first-order valence-corrected chi connectivity index (χ1v) is 14.0. The summed E-state index contributed by atoms with van der Waals surface area (Å²) in [6.07, 6.45) is 2.19. The summed E-state index contributed by atoms with van der Waals surface area (Å²) in [5, 5.41) is 13.5. The van der Waals surface area contributed by atoms with Gasteiger partial charge in [-0.2, -0.15) is 4.40 Å². The van der Waals surface area contributed by atoms with Gasteiger partial charge in [0.2, 0.25) is 0 Å². The molecule has 0 saturated heterocycles. The Bertz CT molecular complexity index is 1220. The monoisotopic (exact) mass is 880 g/mol. The number of carbonyl (C=O) groups excluding carboxylic acids is 4. The summed E-state index contributed by atoms with van der Waals surface area (Å²) in [7, 11) is 0.146. The van der Waals surface area contributed by atoms with Crippen molar-refractivity contribution < 1.29 is 186 Å². The third-order valence-corrected chi connectivity index (χ3v) is 6.77. The molecular weight excluding hydrogens is 842 g/mol. The summed E-state index contributed by atoms with van der Waals surface area (Å²) in [6.45, 7) is 10.9. The summed E-state index contributed by atoms with van der Waals surface area (Å²) < 4.78 is 34.5. The van der Waals surface area contributed by atoms with Gasteiger partial charge in [-0.25, -0.2) is 18.0 Å². The van der Waals surface area contributed by atoms with Crippen LogP contribution in [0.25, 0.3) is 0 Å². The smallest absolute Gasteiger partial charge is 1.00 e. The number of nitrogens with zero attached hydrogens (tertiary/aromatic N) is 1. The number of ether oxygens (including phenoxy) is 2. The Morgan fingerprint density at radius 2 is 1.21 bits per heavy atom. The maximum absolute atomic E-state index is 11.7. The van der Waals surface area contributed by atoms with Gasteiger partial charge in [-0.05, 0) is 71.4 Å². The first-order valence-electron chi connectivity index (χ1n) is 11.6. The van der Waals surface area contributed by atoms with Gasteiger partial charge in [-0.1, -0.05) is 24.3 Å². The average Bonchev–Trinajstić information content (AvgIpc) is 2.94. The van der Waals surface area contributed by atoms with E-state index in [9.17, 15) is 22.8 Å². The van der Waals surface area contributed by atoms with Gasteiger partial charge in [0.05, 0.1) is 45.8 Å². The normalized spacial score (nSPS) is 11.4. The Morgan fingerprint density at radius 3 is 1.51 bits per heavy atom. The van der Waals surface area contributed by atoms with E-state index in [1.807, 2.05) is 41.5 Å². The molecule has 0 radical (unpaired) electrons. The van der Waals surface area contributed by atoms with Crippen LogP contribution in [0.4, 0.5) is 0 Å².